The molecular formula is C14H21N3O2. The van der Waals surface area contributed by atoms with Crippen LogP contribution in [0.4, 0.5) is 11.4 Å². The van der Waals surface area contributed by atoms with Crippen molar-refractivity contribution in [2.45, 2.75) is 18.9 Å². The van der Waals surface area contributed by atoms with Gasteiger partial charge in [0.2, 0.25) is 0 Å². The second kappa shape index (κ2) is 4.74. The standard InChI is InChI=1S/C14H21N3O2/c1-14(19)6-7-17(9-14)13(18)10-4-5-12(16(2)3)11(15)8-10/h4-5,8,19H,6-7,9,15H2,1-3H3. The van der Waals surface area contributed by atoms with E-state index in [2.05, 4.69) is 0 Å². The molecule has 1 aromatic rings. The average Bonchev–Trinajstić information content (AvgIpc) is 2.68. The van der Waals surface area contributed by atoms with Gasteiger partial charge in [-0.05, 0) is 31.5 Å². The Morgan fingerprint density at radius 3 is 2.63 bits per heavy atom. The molecule has 104 valence electrons. The van der Waals surface area contributed by atoms with Gasteiger partial charge in [0.1, 0.15) is 0 Å². The lowest BCUT2D eigenvalue weighted by molar-refractivity contribution is 0.0572. The van der Waals surface area contributed by atoms with E-state index in [1.807, 2.05) is 25.1 Å². The summed E-state index contributed by atoms with van der Waals surface area (Å²) in [6, 6.07) is 5.32. The predicted octanol–water partition coefficient (Wildman–Crippen LogP) is 0.932. The molecule has 1 saturated heterocycles. The number of nitrogens with two attached hydrogens (primary N) is 1. The van der Waals surface area contributed by atoms with Crippen LogP contribution in [0.25, 0.3) is 0 Å². The van der Waals surface area contributed by atoms with Gasteiger partial charge in [-0.2, -0.15) is 0 Å². The number of β-amino-alcohol motifs (C(OH)–C–C–N with tert-alkyl or cyclic N) is 1. The van der Waals surface area contributed by atoms with Crippen molar-refractivity contribution >= 4 is 17.3 Å². The molecule has 1 heterocycles. The van der Waals surface area contributed by atoms with Crippen molar-refractivity contribution in [3.8, 4) is 0 Å². The molecule has 0 saturated carbocycles. The smallest absolute Gasteiger partial charge is 0.254 e. The number of anilines is 2. The molecule has 1 atom stereocenters. The zero-order chi connectivity index (χ0) is 14.2. The minimum atomic E-state index is -0.773. The van der Waals surface area contributed by atoms with Gasteiger partial charge in [0, 0.05) is 32.7 Å². The lowest BCUT2D eigenvalue weighted by Crippen LogP contribution is -2.33. The normalized spacial score (nSPS) is 22.6. The Morgan fingerprint density at radius 1 is 1.47 bits per heavy atom. The van der Waals surface area contributed by atoms with Gasteiger partial charge in [-0.25, -0.2) is 0 Å². The molecule has 1 unspecified atom stereocenters. The number of aliphatic hydroxyl groups is 1. The van der Waals surface area contributed by atoms with Crippen LogP contribution in [0, 0.1) is 0 Å². The number of hydrogen-bond donors (Lipinski definition) is 2. The Kier molecular flexibility index (Phi) is 3.41. The molecule has 0 radical (unpaired) electrons. The maximum atomic E-state index is 12.3. The van der Waals surface area contributed by atoms with Gasteiger partial charge >= 0.3 is 0 Å². The molecule has 1 fully saturated rings. The molecule has 2 rings (SSSR count). The highest BCUT2D eigenvalue weighted by atomic mass is 16.3. The fourth-order valence-electron chi connectivity index (χ4n) is 2.40. The van der Waals surface area contributed by atoms with Gasteiger partial charge < -0.3 is 20.6 Å². The van der Waals surface area contributed by atoms with Crippen molar-refractivity contribution in [1.82, 2.24) is 4.90 Å². The van der Waals surface area contributed by atoms with E-state index in [9.17, 15) is 9.90 Å². The maximum absolute atomic E-state index is 12.3. The van der Waals surface area contributed by atoms with Crippen molar-refractivity contribution in [2.24, 2.45) is 0 Å². The number of nitrogen functional groups attached to an aromatic ring is 1. The third-order valence-electron chi connectivity index (χ3n) is 3.50. The van der Waals surface area contributed by atoms with Crippen molar-refractivity contribution in [3.63, 3.8) is 0 Å². The van der Waals surface area contributed by atoms with E-state index in [1.54, 1.807) is 24.0 Å². The Labute approximate surface area is 113 Å². The molecule has 1 amide bonds. The number of carbonyl (C=O) groups is 1. The molecule has 0 spiro atoms. The molecule has 0 aromatic heterocycles. The number of amides is 1. The summed E-state index contributed by atoms with van der Waals surface area (Å²) in [5.41, 5.74) is 7.23. The van der Waals surface area contributed by atoms with Crippen LogP contribution in [-0.4, -0.2) is 48.7 Å². The van der Waals surface area contributed by atoms with E-state index >= 15 is 0 Å². The third kappa shape index (κ3) is 2.81. The lowest BCUT2D eigenvalue weighted by Gasteiger charge is -2.20. The van der Waals surface area contributed by atoms with E-state index in [0.29, 0.717) is 30.8 Å². The van der Waals surface area contributed by atoms with Gasteiger partial charge in [0.05, 0.1) is 17.0 Å². The van der Waals surface area contributed by atoms with E-state index in [-0.39, 0.29) is 5.91 Å². The van der Waals surface area contributed by atoms with Gasteiger partial charge in [-0.3, -0.25) is 4.79 Å². The summed E-state index contributed by atoms with van der Waals surface area (Å²) in [5, 5.41) is 9.91. The first-order chi connectivity index (χ1) is 8.80. The van der Waals surface area contributed by atoms with Crippen LogP contribution in [0.2, 0.25) is 0 Å². The summed E-state index contributed by atoms with van der Waals surface area (Å²) in [5.74, 6) is -0.0743. The second-order valence-corrected chi connectivity index (χ2v) is 5.64. The zero-order valence-electron chi connectivity index (χ0n) is 11.7. The largest absolute Gasteiger partial charge is 0.397 e. The SMILES string of the molecule is CN(C)c1ccc(C(=O)N2CCC(C)(O)C2)cc1N. The second-order valence-electron chi connectivity index (χ2n) is 5.64. The molecular weight excluding hydrogens is 242 g/mol. The Morgan fingerprint density at radius 2 is 2.16 bits per heavy atom. The molecule has 5 heteroatoms. The predicted molar refractivity (Wildman–Crippen MR) is 76.3 cm³/mol. The quantitative estimate of drug-likeness (QED) is 0.779. The van der Waals surface area contributed by atoms with Crippen LogP contribution in [0.3, 0.4) is 0 Å². The Hall–Kier alpha value is -1.75. The maximum Gasteiger partial charge on any atom is 0.254 e. The molecule has 1 aromatic carbocycles. The number of likely N-dealkylation sites (tertiary alicyclic amines) is 1. The fourth-order valence-corrected chi connectivity index (χ4v) is 2.40. The average molecular weight is 263 g/mol. The first-order valence-corrected chi connectivity index (χ1v) is 6.39. The summed E-state index contributed by atoms with van der Waals surface area (Å²) >= 11 is 0. The first-order valence-electron chi connectivity index (χ1n) is 6.39. The summed E-state index contributed by atoms with van der Waals surface area (Å²) in [6.45, 7) is 2.71. The first kappa shape index (κ1) is 13.7. The van der Waals surface area contributed by atoms with Crippen molar-refractivity contribution < 1.29 is 9.90 Å². The van der Waals surface area contributed by atoms with Gasteiger partial charge in [-0.1, -0.05) is 0 Å². The summed E-state index contributed by atoms with van der Waals surface area (Å²) in [7, 11) is 3.82. The van der Waals surface area contributed by atoms with E-state index < -0.39 is 5.60 Å². The van der Waals surface area contributed by atoms with Crippen LogP contribution < -0.4 is 10.6 Å². The Bertz CT molecular complexity index is 497. The van der Waals surface area contributed by atoms with Crippen LogP contribution >= 0.6 is 0 Å². The molecule has 5 nitrogen and oxygen atoms in total. The molecule has 1 aliphatic rings. The number of hydrogen-bond acceptors (Lipinski definition) is 4. The van der Waals surface area contributed by atoms with Crippen molar-refractivity contribution in [2.75, 3.05) is 37.8 Å². The van der Waals surface area contributed by atoms with Gasteiger partial charge in [0.25, 0.3) is 5.91 Å². The third-order valence-corrected chi connectivity index (χ3v) is 3.50. The monoisotopic (exact) mass is 263 g/mol. The van der Waals surface area contributed by atoms with Crippen LogP contribution in [0.5, 0.6) is 0 Å². The molecule has 19 heavy (non-hydrogen) atoms. The molecule has 3 N–H and O–H groups in total. The highest BCUT2D eigenvalue weighted by Gasteiger charge is 2.34. The fraction of sp³-hybridized carbons (Fsp3) is 0.500. The zero-order valence-corrected chi connectivity index (χ0v) is 11.7. The number of nitrogens with zero attached hydrogens (tertiary/aromatic N) is 2. The van der Waals surface area contributed by atoms with Crippen molar-refractivity contribution in [1.29, 1.82) is 0 Å². The topological polar surface area (TPSA) is 69.8 Å². The molecule has 1 aliphatic heterocycles. The van der Waals surface area contributed by atoms with Crippen LogP contribution in [0.15, 0.2) is 18.2 Å². The summed E-state index contributed by atoms with van der Waals surface area (Å²) < 4.78 is 0. The van der Waals surface area contributed by atoms with E-state index in [4.69, 9.17) is 5.73 Å². The van der Waals surface area contributed by atoms with Crippen molar-refractivity contribution in [3.05, 3.63) is 23.8 Å². The minimum Gasteiger partial charge on any atom is -0.397 e. The summed E-state index contributed by atoms with van der Waals surface area (Å²) in [6.07, 6.45) is 0.615. The number of rotatable bonds is 2. The lowest BCUT2D eigenvalue weighted by atomic mass is 10.1. The van der Waals surface area contributed by atoms with Crippen LogP contribution in [0.1, 0.15) is 23.7 Å². The van der Waals surface area contributed by atoms with Gasteiger partial charge in [0.15, 0.2) is 0 Å². The highest BCUT2D eigenvalue weighted by Crippen LogP contribution is 2.26. The van der Waals surface area contributed by atoms with Gasteiger partial charge in [-0.15, -0.1) is 0 Å². The van der Waals surface area contributed by atoms with E-state index in [0.717, 1.165) is 5.69 Å². The molecule has 0 aliphatic carbocycles. The number of carbonyl (C=O) groups excluding carboxylic acids is 1. The number of benzene rings is 1. The molecule has 0 bridgehead atoms. The Balaban J connectivity index is 2.19. The minimum absolute atomic E-state index is 0.0743. The van der Waals surface area contributed by atoms with E-state index in [1.165, 1.54) is 0 Å². The van der Waals surface area contributed by atoms with Crippen LogP contribution in [-0.2, 0) is 0 Å². The highest BCUT2D eigenvalue weighted by molar-refractivity contribution is 5.96. The summed E-state index contributed by atoms with van der Waals surface area (Å²) in [4.78, 5) is 15.9.